The molecule has 0 aromatic heterocycles. The minimum absolute atomic E-state index is 0.133. The zero-order valence-electron chi connectivity index (χ0n) is 15.2. The van der Waals surface area contributed by atoms with Crippen molar-refractivity contribution >= 4 is 17.5 Å². The van der Waals surface area contributed by atoms with Gasteiger partial charge in [0.2, 0.25) is 5.91 Å². The summed E-state index contributed by atoms with van der Waals surface area (Å²) in [5.41, 5.74) is 4.98. The van der Waals surface area contributed by atoms with Gasteiger partial charge in [-0.25, -0.2) is 0 Å². The first-order valence-corrected chi connectivity index (χ1v) is 9.42. The maximum absolute atomic E-state index is 12.8. The average molecular weight is 373 g/mol. The molecule has 1 fully saturated rings. The fourth-order valence-electron chi connectivity index (χ4n) is 3.66. The molecule has 1 aliphatic heterocycles. The predicted octanol–water partition coefficient (Wildman–Crippen LogP) is 3.53. The molecule has 2 unspecified atom stereocenters. The van der Waals surface area contributed by atoms with Crippen molar-refractivity contribution in [2.45, 2.75) is 38.8 Å². The van der Waals surface area contributed by atoms with Crippen molar-refractivity contribution in [3.05, 3.63) is 58.1 Å². The van der Waals surface area contributed by atoms with E-state index in [2.05, 4.69) is 16.7 Å². The number of halogens is 1. The first kappa shape index (κ1) is 18.9. The number of rotatable bonds is 2. The second-order valence-corrected chi connectivity index (χ2v) is 7.29. The summed E-state index contributed by atoms with van der Waals surface area (Å²) in [6.45, 7) is 5.33. The van der Waals surface area contributed by atoms with Crippen molar-refractivity contribution in [1.82, 2.24) is 10.6 Å². The number of hydrogen-bond donors (Lipinski definition) is 3. The quantitative estimate of drug-likeness (QED) is 0.755. The third-order valence-corrected chi connectivity index (χ3v) is 5.31. The molecule has 4 nitrogen and oxygen atoms in total. The second kappa shape index (κ2) is 8.21. The SMILES string of the molecule is Cc1ccc(-c2ccc(Cl)cc2)c(C)c1C1C(=O)NCCCCNC1O. The zero-order chi connectivity index (χ0) is 18.7. The van der Waals surface area contributed by atoms with Gasteiger partial charge < -0.3 is 10.4 Å². The van der Waals surface area contributed by atoms with Crippen LogP contribution in [-0.2, 0) is 4.79 Å². The van der Waals surface area contributed by atoms with Crippen LogP contribution in [0.5, 0.6) is 0 Å². The lowest BCUT2D eigenvalue weighted by molar-refractivity contribution is -0.125. The van der Waals surface area contributed by atoms with E-state index in [0.29, 0.717) is 18.1 Å². The van der Waals surface area contributed by atoms with Gasteiger partial charge in [0.05, 0.1) is 0 Å². The van der Waals surface area contributed by atoms with Crippen molar-refractivity contribution < 1.29 is 9.90 Å². The number of benzene rings is 2. The maximum Gasteiger partial charge on any atom is 0.231 e. The summed E-state index contributed by atoms with van der Waals surface area (Å²) in [5.74, 6) is -0.772. The van der Waals surface area contributed by atoms with E-state index in [-0.39, 0.29) is 5.91 Å². The topological polar surface area (TPSA) is 61.4 Å². The highest BCUT2D eigenvalue weighted by atomic mass is 35.5. The molecular weight excluding hydrogens is 348 g/mol. The van der Waals surface area contributed by atoms with Gasteiger partial charge in [-0.3, -0.25) is 10.1 Å². The van der Waals surface area contributed by atoms with Crippen molar-refractivity contribution in [2.24, 2.45) is 0 Å². The molecule has 2 atom stereocenters. The molecule has 0 radical (unpaired) electrons. The summed E-state index contributed by atoms with van der Waals surface area (Å²) >= 11 is 6.01. The molecular formula is C21H25ClN2O2. The number of aliphatic hydroxyl groups excluding tert-OH is 1. The molecule has 5 heteroatoms. The Morgan fingerprint density at radius 2 is 1.73 bits per heavy atom. The van der Waals surface area contributed by atoms with Gasteiger partial charge in [-0.1, -0.05) is 35.9 Å². The molecule has 1 aliphatic rings. The van der Waals surface area contributed by atoms with Gasteiger partial charge >= 0.3 is 0 Å². The van der Waals surface area contributed by atoms with Crippen LogP contribution in [0.25, 0.3) is 11.1 Å². The Bertz CT molecular complexity index is 789. The van der Waals surface area contributed by atoms with Crippen LogP contribution >= 0.6 is 11.6 Å². The monoisotopic (exact) mass is 372 g/mol. The van der Waals surface area contributed by atoms with Gasteiger partial charge in [0.25, 0.3) is 0 Å². The van der Waals surface area contributed by atoms with Gasteiger partial charge in [-0.05, 0) is 73.2 Å². The second-order valence-electron chi connectivity index (χ2n) is 6.85. The van der Waals surface area contributed by atoms with E-state index in [1.54, 1.807) is 0 Å². The van der Waals surface area contributed by atoms with Gasteiger partial charge in [-0.15, -0.1) is 0 Å². The fourth-order valence-corrected chi connectivity index (χ4v) is 3.78. The summed E-state index contributed by atoms with van der Waals surface area (Å²) in [6.07, 6.45) is 0.916. The van der Waals surface area contributed by atoms with E-state index in [9.17, 15) is 9.90 Å². The summed E-state index contributed by atoms with van der Waals surface area (Å²) < 4.78 is 0. The summed E-state index contributed by atoms with van der Waals surface area (Å²) in [7, 11) is 0. The Labute approximate surface area is 159 Å². The van der Waals surface area contributed by atoms with Crippen LogP contribution in [-0.4, -0.2) is 30.3 Å². The standard InChI is InChI=1S/C21H25ClN2O2/c1-13-5-10-17(15-6-8-16(22)9-7-15)14(2)18(13)19-20(25)23-11-3-4-12-24-21(19)26/h5-10,19-20,23,25H,3-4,11-12H2,1-2H3,(H,24,26). The van der Waals surface area contributed by atoms with Gasteiger partial charge in [0.1, 0.15) is 12.1 Å². The van der Waals surface area contributed by atoms with E-state index in [1.165, 1.54) is 0 Å². The minimum Gasteiger partial charge on any atom is -0.377 e. The highest BCUT2D eigenvalue weighted by Crippen LogP contribution is 2.34. The molecule has 0 saturated carbocycles. The Kier molecular flexibility index (Phi) is 5.97. The van der Waals surface area contributed by atoms with Crippen molar-refractivity contribution in [3.8, 4) is 11.1 Å². The molecule has 1 amide bonds. The van der Waals surface area contributed by atoms with Gasteiger partial charge in [0, 0.05) is 11.6 Å². The van der Waals surface area contributed by atoms with Crippen LogP contribution in [0.4, 0.5) is 0 Å². The van der Waals surface area contributed by atoms with E-state index >= 15 is 0 Å². The number of carbonyl (C=O) groups is 1. The third kappa shape index (κ3) is 3.93. The molecule has 3 N–H and O–H groups in total. The normalized spacial score (nSPS) is 21.5. The first-order chi connectivity index (χ1) is 12.5. The number of carbonyl (C=O) groups excluding carboxylic acids is 1. The van der Waals surface area contributed by atoms with E-state index < -0.39 is 12.1 Å². The lowest BCUT2D eigenvalue weighted by atomic mass is 9.84. The minimum atomic E-state index is -0.911. The lowest BCUT2D eigenvalue weighted by Gasteiger charge is -2.26. The number of amides is 1. The smallest absolute Gasteiger partial charge is 0.231 e. The Morgan fingerprint density at radius 3 is 2.46 bits per heavy atom. The van der Waals surface area contributed by atoms with Crippen molar-refractivity contribution in [2.75, 3.05) is 13.1 Å². The molecule has 2 aromatic rings. The molecule has 3 rings (SSSR count). The third-order valence-electron chi connectivity index (χ3n) is 5.05. The fraction of sp³-hybridized carbons (Fsp3) is 0.381. The van der Waals surface area contributed by atoms with E-state index in [1.807, 2.05) is 44.2 Å². The number of hydrogen-bond acceptors (Lipinski definition) is 3. The van der Waals surface area contributed by atoms with Crippen LogP contribution < -0.4 is 10.6 Å². The Morgan fingerprint density at radius 1 is 1.04 bits per heavy atom. The number of aliphatic hydroxyl groups is 1. The predicted molar refractivity (Wildman–Crippen MR) is 105 cm³/mol. The zero-order valence-corrected chi connectivity index (χ0v) is 15.9. The Hall–Kier alpha value is -1.88. The maximum atomic E-state index is 12.8. The molecule has 1 heterocycles. The summed E-state index contributed by atoms with van der Waals surface area (Å²) in [4.78, 5) is 12.8. The number of aryl methyl sites for hydroxylation is 1. The summed E-state index contributed by atoms with van der Waals surface area (Å²) in [6, 6.07) is 11.7. The lowest BCUT2D eigenvalue weighted by Crippen LogP contribution is -2.43. The summed E-state index contributed by atoms with van der Waals surface area (Å²) in [5, 5.41) is 17.4. The first-order valence-electron chi connectivity index (χ1n) is 9.04. The van der Waals surface area contributed by atoms with Crippen molar-refractivity contribution in [3.63, 3.8) is 0 Å². The van der Waals surface area contributed by atoms with Crippen LogP contribution in [0.3, 0.4) is 0 Å². The van der Waals surface area contributed by atoms with Gasteiger partial charge in [-0.2, -0.15) is 0 Å². The van der Waals surface area contributed by atoms with Crippen LogP contribution in [0.1, 0.15) is 35.4 Å². The highest BCUT2D eigenvalue weighted by molar-refractivity contribution is 6.30. The molecule has 0 aliphatic carbocycles. The van der Waals surface area contributed by atoms with Crippen molar-refractivity contribution in [1.29, 1.82) is 0 Å². The molecule has 0 bridgehead atoms. The number of nitrogens with one attached hydrogen (secondary N) is 2. The van der Waals surface area contributed by atoms with Gasteiger partial charge in [0.15, 0.2) is 0 Å². The Balaban J connectivity index is 2.08. The average Bonchev–Trinajstić information content (AvgIpc) is 2.69. The van der Waals surface area contributed by atoms with E-state index in [4.69, 9.17) is 11.6 Å². The molecule has 2 aromatic carbocycles. The largest absolute Gasteiger partial charge is 0.377 e. The molecule has 138 valence electrons. The molecule has 26 heavy (non-hydrogen) atoms. The van der Waals surface area contributed by atoms with Crippen LogP contribution in [0, 0.1) is 13.8 Å². The highest BCUT2D eigenvalue weighted by Gasteiger charge is 2.32. The van der Waals surface area contributed by atoms with Crippen LogP contribution in [0.15, 0.2) is 36.4 Å². The van der Waals surface area contributed by atoms with E-state index in [0.717, 1.165) is 40.7 Å². The van der Waals surface area contributed by atoms with Crippen LogP contribution in [0.2, 0.25) is 5.02 Å². The molecule has 0 spiro atoms. The molecule has 1 saturated heterocycles.